The van der Waals surface area contributed by atoms with Crippen molar-refractivity contribution in [3.8, 4) is 0 Å². The number of nitrogens with zero attached hydrogens (tertiary/aromatic N) is 1. The summed E-state index contributed by atoms with van der Waals surface area (Å²) in [4.78, 5) is 12.5. The zero-order valence-corrected chi connectivity index (χ0v) is 5.63. The first-order chi connectivity index (χ1) is 4.25. The number of carbonyl (C=O) groups is 1. The predicted octanol–water partition coefficient (Wildman–Crippen LogP) is -0.434. The van der Waals surface area contributed by atoms with E-state index in [9.17, 15) is 4.79 Å². The van der Waals surface area contributed by atoms with E-state index in [0.717, 1.165) is 6.42 Å². The van der Waals surface area contributed by atoms with Gasteiger partial charge in [0.05, 0.1) is 0 Å². The van der Waals surface area contributed by atoms with Crippen molar-refractivity contribution >= 4 is 5.91 Å². The summed E-state index contributed by atoms with van der Waals surface area (Å²) in [6.45, 7) is 0.599. The first kappa shape index (κ1) is 6.55. The smallest absolute Gasteiger partial charge is 0.222 e. The van der Waals surface area contributed by atoms with Crippen molar-refractivity contribution in [1.29, 1.82) is 0 Å². The number of nitrogens with two attached hydrogens (primary N) is 1. The predicted molar refractivity (Wildman–Crippen MR) is 34.8 cm³/mol. The van der Waals surface area contributed by atoms with Crippen molar-refractivity contribution in [2.75, 3.05) is 13.6 Å². The summed E-state index contributed by atoms with van der Waals surface area (Å²) in [6, 6.07) is 0.303. The molecule has 0 spiro atoms. The van der Waals surface area contributed by atoms with E-state index in [1.54, 1.807) is 4.90 Å². The number of carbonyl (C=O) groups excluding carboxylic acids is 1. The van der Waals surface area contributed by atoms with Crippen LogP contribution in [0.2, 0.25) is 0 Å². The van der Waals surface area contributed by atoms with E-state index in [1.165, 1.54) is 0 Å². The molecule has 3 nitrogen and oxygen atoms in total. The molecular formula is C6H12N2O. The van der Waals surface area contributed by atoms with Crippen LogP contribution in [0.15, 0.2) is 0 Å². The van der Waals surface area contributed by atoms with E-state index in [2.05, 4.69) is 0 Å². The number of hydrogen-bond donors (Lipinski definition) is 1. The first-order valence-corrected chi connectivity index (χ1v) is 3.21. The summed E-state index contributed by atoms with van der Waals surface area (Å²) in [7, 11) is 1.81. The average molecular weight is 128 g/mol. The highest BCUT2D eigenvalue weighted by atomic mass is 16.2. The van der Waals surface area contributed by atoms with Crippen LogP contribution < -0.4 is 5.73 Å². The molecule has 0 aromatic rings. The zero-order valence-electron chi connectivity index (χ0n) is 5.63. The Hall–Kier alpha value is -0.570. The maximum atomic E-state index is 10.8. The minimum atomic E-state index is 0.227. The molecule has 1 heterocycles. The zero-order chi connectivity index (χ0) is 6.85. The third-order valence-electron chi connectivity index (χ3n) is 1.90. The van der Waals surface area contributed by atoms with Gasteiger partial charge in [-0.1, -0.05) is 0 Å². The first-order valence-electron chi connectivity index (χ1n) is 3.21. The molecule has 1 saturated heterocycles. The fraction of sp³-hybridized carbons (Fsp3) is 0.833. The standard InChI is InChI=1S/C6H12N2O/c1-8-5(4-7)2-3-6(8)9/h5H,2-4,7H2,1H3/t5-/m0/s1. The molecule has 1 rings (SSSR count). The fourth-order valence-corrected chi connectivity index (χ4v) is 1.14. The number of likely N-dealkylation sites (tertiary alicyclic amines) is 1. The molecule has 0 bridgehead atoms. The maximum Gasteiger partial charge on any atom is 0.222 e. The maximum absolute atomic E-state index is 10.8. The Morgan fingerprint density at radius 2 is 2.56 bits per heavy atom. The molecule has 3 heteroatoms. The molecule has 0 saturated carbocycles. The molecule has 0 unspecified atom stereocenters. The van der Waals surface area contributed by atoms with Gasteiger partial charge in [0.25, 0.3) is 0 Å². The van der Waals surface area contributed by atoms with Gasteiger partial charge in [0.2, 0.25) is 5.91 Å². The third kappa shape index (κ3) is 1.05. The molecule has 1 aliphatic rings. The Balaban J connectivity index is 2.51. The highest BCUT2D eigenvalue weighted by Crippen LogP contribution is 2.14. The van der Waals surface area contributed by atoms with Crippen LogP contribution in [0.25, 0.3) is 0 Å². The Morgan fingerprint density at radius 3 is 2.78 bits per heavy atom. The van der Waals surface area contributed by atoms with Crippen LogP contribution in [-0.2, 0) is 4.79 Å². The van der Waals surface area contributed by atoms with Crippen molar-refractivity contribution in [3.63, 3.8) is 0 Å². The van der Waals surface area contributed by atoms with Gasteiger partial charge in [0.15, 0.2) is 0 Å². The normalized spacial score (nSPS) is 27.6. The molecule has 52 valence electrons. The van der Waals surface area contributed by atoms with Gasteiger partial charge in [-0.2, -0.15) is 0 Å². The monoisotopic (exact) mass is 128 g/mol. The summed E-state index contributed by atoms with van der Waals surface area (Å²) >= 11 is 0. The summed E-state index contributed by atoms with van der Waals surface area (Å²) in [5.74, 6) is 0.227. The van der Waals surface area contributed by atoms with E-state index in [0.29, 0.717) is 19.0 Å². The van der Waals surface area contributed by atoms with E-state index < -0.39 is 0 Å². The molecule has 0 aromatic heterocycles. The van der Waals surface area contributed by atoms with Crippen LogP contribution in [0.3, 0.4) is 0 Å². The van der Waals surface area contributed by atoms with E-state index in [-0.39, 0.29) is 5.91 Å². The molecular weight excluding hydrogens is 116 g/mol. The van der Waals surface area contributed by atoms with E-state index in [4.69, 9.17) is 5.73 Å². The highest BCUT2D eigenvalue weighted by molar-refractivity contribution is 5.78. The van der Waals surface area contributed by atoms with Gasteiger partial charge in [0.1, 0.15) is 0 Å². The van der Waals surface area contributed by atoms with Gasteiger partial charge in [0, 0.05) is 26.1 Å². The summed E-state index contributed by atoms with van der Waals surface area (Å²) in [6.07, 6.45) is 1.62. The van der Waals surface area contributed by atoms with Crippen LogP contribution in [0.1, 0.15) is 12.8 Å². The van der Waals surface area contributed by atoms with Gasteiger partial charge in [-0.15, -0.1) is 0 Å². The van der Waals surface area contributed by atoms with Crippen molar-refractivity contribution in [1.82, 2.24) is 4.90 Å². The van der Waals surface area contributed by atoms with Crippen molar-refractivity contribution < 1.29 is 4.79 Å². The SMILES string of the molecule is CN1C(=O)CC[C@H]1CN. The minimum Gasteiger partial charge on any atom is -0.341 e. The van der Waals surface area contributed by atoms with Gasteiger partial charge in [-0.05, 0) is 6.42 Å². The number of rotatable bonds is 1. The van der Waals surface area contributed by atoms with Crippen LogP contribution >= 0.6 is 0 Å². The topological polar surface area (TPSA) is 46.3 Å². The Morgan fingerprint density at radius 1 is 1.89 bits per heavy atom. The molecule has 0 aromatic carbocycles. The van der Waals surface area contributed by atoms with Gasteiger partial charge < -0.3 is 10.6 Å². The lowest BCUT2D eigenvalue weighted by Crippen LogP contribution is -2.34. The van der Waals surface area contributed by atoms with E-state index >= 15 is 0 Å². The van der Waals surface area contributed by atoms with Gasteiger partial charge in [-0.25, -0.2) is 0 Å². The second kappa shape index (κ2) is 2.35. The summed E-state index contributed by atoms with van der Waals surface area (Å²) in [5.41, 5.74) is 5.39. The average Bonchev–Trinajstić information content (AvgIpc) is 2.15. The molecule has 9 heavy (non-hydrogen) atoms. The molecule has 1 fully saturated rings. The number of hydrogen-bond acceptors (Lipinski definition) is 2. The van der Waals surface area contributed by atoms with E-state index in [1.807, 2.05) is 7.05 Å². The Kier molecular flexibility index (Phi) is 1.71. The number of likely N-dealkylation sites (N-methyl/N-ethyl adjacent to an activating group) is 1. The quantitative estimate of drug-likeness (QED) is 0.520. The van der Waals surface area contributed by atoms with Crippen LogP contribution in [0, 0.1) is 0 Å². The van der Waals surface area contributed by atoms with Gasteiger partial charge >= 0.3 is 0 Å². The minimum absolute atomic E-state index is 0.227. The molecule has 1 aliphatic heterocycles. The lowest BCUT2D eigenvalue weighted by atomic mass is 10.2. The van der Waals surface area contributed by atoms with Gasteiger partial charge in [-0.3, -0.25) is 4.79 Å². The fourth-order valence-electron chi connectivity index (χ4n) is 1.14. The van der Waals surface area contributed by atoms with Crippen LogP contribution in [0.5, 0.6) is 0 Å². The second-order valence-corrected chi connectivity index (χ2v) is 2.43. The number of amides is 1. The van der Waals surface area contributed by atoms with Crippen molar-refractivity contribution in [3.05, 3.63) is 0 Å². The highest BCUT2D eigenvalue weighted by Gasteiger charge is 2.25. The molecule has 0 radical (unpaired) electrons. The summed E-state index contributed by atoms with van der Waals surface area (Å²) < 4.78 is 0. The third-order valence-corrected chi connectivity index (χ3v) is 1.90. The lowest BCUT2D eigenvalue weighted by Gasteiger charge is -2.16. The largest absolute Gasteiger partial charge is 0.341 e. The lowest BCUT2D eigenvalue weighted by molar-refractivity contribution is -0.127. The second-order valence-electron chi connectivity index (χ2n) is 2.43. The molecule has 2 N–H and O–H groups in total. The summed E-state index contributed by atoms with van der Waals surface area (Å²) in [5, 5.41) is 0. The Bertz CT molecular complexity index is 124. The van der Waals surface area contributed by atoms with Crippen molar-refractivity contribution in [2.24, 2.45) is 5.73 Å². The Labute approximate surface area is 54.8 Å². The van der Waals surface area contributed by atoms with Crippen LogP contribution in [-0.4, -0.2) is 30.4 Å². The molecule has 1 atom stereocenters. The molecule has 1 amide bonds. The van der Waals surface area contributed by atoms with Crippen LogP contribution in [0.4, 0.5) is 0 Å². The van der Waals surface area contributed by atoms with Crippen molar-refractivity contribution in [2.45, 2.75) is 18.9 Å². The molecule has 0 aliphatic carbocycles.